The van der Waals surface area contributed by atoms with Crippen LogP contribution in [0.5, 0.6) is 0 Å². The van der Waals surface area contributed by atoms with E-state index in [1.165, 1.54) is 5.56 Å². The average molecular weight is 365 g/mol. The molecule has 0 amide bonds. The summed E-state index contributed by atoms with van der Waals surface area (Å²) in [5.74, 6) is -0.236. The predicted molar refractivity (Wildman–Crippen MR) is 105 cm³/mol. The molecule has 142 valence electrons. The third-order valence-corrected chi connectivity index (χ3v) is 5.66. The number of hydrogen-bond donors (Lipinski definition) is 0. The van der Waals surface area contributed by atoms with E-state index in [0.717, 1.165) is 54.7 Å². The van der Waals surface area contributed by atoms with Crippen molar-refractivity contribution in [3.05, 3.63) is 70.3 Å². The molecule has 4 heteroatoms. The van der Waals surface area contributed by atoms with E-state index >= 15 is 0 Å². The highest BCUT2D eigenvalue weighted by Gasteiger charge is 2.39. The number of likely N-dealkylation sites (tertiary alicyclic amines) is 1. The lowest BCUT2D eigenvalue weighted by Gasteiger charge is -2.37. The van der Waals surface area contributed by atoms with E-state index in [2.05, 4.69) is 11.0 Å². The third-order valence-electron chi connectivity index (χ3n) is 5.66. The highest BCUT2D eigenvalue weighted by atomic mass is 16.7. The zero-order valence-electron chi connectivity index (χ0n) is 16.2. The van der Waals surface area contributed by atoms with Gasteiger partial charge in [0, 0.05) is 43.6 Å². The Bertz CT molecular complexity index is 829. The van der Waals surface area contributed by atoms with E-state index in [0.29, 0.717) is 13.2 Å². The van der Waals surface area contributed by atoms with Crippen LogP contribution in [0.2, 0.25) is 0 Å². The van der Waals surface area contributed by atoms with Gasteiger partial charge in [0.05, 0.1) is 13.2 Å². The molecule has 0 atom stereocenters. The minimum atomic E-state index is -0.336. The van der Waals surface area contributed by atoms with Gasteiger partial charge >= 0.3 is 0 Å². The average Bonchev–Trinajstić information content (AvgIpc) is 3.14. The number of hydrogen-bond acceptors (Lipinski definition) is 4. The van der Waals surface area contributed by atoms with Crippen LogP contribution >= 0.6 is 0 Å². The smallest absolute Gasteiger partial charge is 0.193 e. The number of ether oxygens (including phenoxy) is 2. The largest absolute Gasteiger partial charge is 0.347 e. The first-order chi connectivity index (χ1) is 13.0. The first-order valence-corrected chi connectivity index (χ1v) is 9.76. The summed E-state index contributed by atoms with van der Waals surface area (Å²) in [6, 6.07) is 14.1. The lowest BCUT2D eigenvalue weighted by atomic mass is 9.96. The molecular formula is C23H27NO3. The van der Waals surface area contributed by atoms with Crippen LogP contribution in [0, 0.1) is 13.8 Å². The number of carbonyl (C=O) groups is 1. The Morgan fingerprint density at radius 1 is 1.04 bits per heavy atom. The Morgan fingerprint density at radius 2 is 1.78 bits per heavy atom. The standard InChI is InChI=1S/C23H27NO3/c1-17-6-7-18(2)21(14-17)22(25)20-5-3-4-19(15-20)16-24-10-8-23(9-11-24)26-12-13-27-23/h3-7,14-15H,8-13,16H2,1-2H3. The van der Waals surface area contributed by atoms with Gasteiger partial charge < -0.3 is 9.47 Å². The first kappa shape index (κ1) is 18.4. The van der Waals surface area contributed by atoms with Crippen LogP contribution < -0.4 is 0 Å². The maximum absolute atomic E-state index is 13.0. The van der Waals surface area contributed by atoms with Crippen LogP contribution in [0.15, 0.2) is 42.5 Å². The molecule has 2 heterocycles. The molecule has 2 fully saturated rings. The highest BCUT2D eigenvalue weighted by molar-refractivity contribution is 6.10. The van der Waals surface area contributed by atoms with Crippen LogP contribution in [0.3, 0.4) is 0 Å². The molecule has 4 nitrogen and oxygen atoms in total. The maximum atomic E-state index is 13.0. The number of carbonyl (C=O) groups excluding carboxylic acids is 1. The third kappa shape index (κ3) is 3.98. The van der Waals surface area contributed by atoms with Crippen molar-refractivity contribution in [1.29, 1.82) is 0 Å². The van der Waals surface area contributed by atoms with E-state index in [9.17, 15) is 4.79 Å². The number of ketones is 1. The SMILES string of the molecule is Cc1ccc(C)c(C(=O)c2cccc(CN3CCC4(CC3)OCCO4)c2)c1. The topological polar surface area (TPSA) is 38.8 Å². The summed E-state index contributed by atoms with van der Waals surface area (Å²) < 4.78 is 11.6. The summed E-state index contributed by atoms with van der Waals surface area (Å²) in [5, 5.41) is 0. The molecule has 1 spiro atoms. The molecule has 2 saturated heterocycles. The molecule has 2 aromatic carbocycles. The molecule has 0 aromatic heterocycles. The number of piperidine rings is 1. The van der Waals surface area contributed by atoms with Crippen molar-refractivity contribution >= 4 is 5.78 Å². The van der Waals surface area contributed by atoms with Crippen molar-refractivity contribution < 1.29 is 14.3 Å². The molecule has 0 aliphatic carbocycles. The second kappa shape index (κ2) is 7.55. The molecule has 2 aromatic rings. The number of benzene rings is 2. The predicted octanol–water partition coefficient (Wildman–Crippen LogP) is 3.87. The van der Waals surface area contributed by atoms with E-state index in [4.69, 9.17) is 9.47 Å². The van der Waals surface area contributed by atoms with Crippen molar-refractivity contribution in [3.63, 3.8) is 0 Å². The van der Waals surface area contributed by atoms with Crippen LogP contribution in [0.4, 0.5) is 0 Å². The van der Waals surface area contributed by atoms with E-state index in [-0.39, 0.29) is 11.6 Å². The molecule has 0 N–H and O–H groups in total. The van der Waals surface area contributed by atoms with Crippen molar-refractivity contribution in [2.45, 2.75) is 39.0 Å². The Labute approximate surface area is 161 Å². The summed E-state index contributed by atoms with van der Waals surface area (Å²) in [6.07, 6.45) is 1.82. The van der Waals surface area contributed by atoms with E-state index in [1.807, 2.05) is 50.2 Å². The molecule has 27 heavy (non-hydrogen) atoms. The second-order valence-electron chi connectivity index (χ2n) is 7.73. The fraction of sp³-hybridized carbons (Fsp3) is 0.435. The van der Waals surface area contributed by atoms with Crippen LogP contribution in [-0.4, -0.2) is 42.8 Å². The fourth-order valence-corrected chi connectivity index (χ4v) is 4.04. The highest BCUT2D eigenvalue weighted by Crippen LogP contribution is 2.31. The van der Waals surface area contributed by atoms with Gasteiger partial charge in [-0.2, -0.15) is 0 Å². The van der Waals surface area contributed by atoms with Crippen LogP contribution in [-0.2, 0) is 16.0 Å². The Hall–Kier alpha value is -2.01. The van der Waals surface area contributed by atoms with Crippen LogP contribution in [0.25, 0.3) is 0 Å². The molecule has 0 saturated carbocycles. The van der Waals surface area contributed by atoms with Gasteiger partial charge in [-0.25, -0.2) is 0 Å². The Morgan fingerprint density at radius 3 is 2.52 bits per heavy atom. The van der Waals surface area contributed by atoms with Crippen molar-refractivity contribution in [2.24, 2.45) is 0 Å². The van der Waals surface area contributed by atoms with Gasteiger partial charge in [0.15, 0.2) is 11.6 Å². The summed E-state index contributed by atoms with van der Waals surface area (Å²) in [4.78, 5) is 15.4. The van der Waals surface area contributed by atoms with Gasteiger partial charge in [0.1, 0.15) is 0 Å². The van der Waals surface area contributed by atoms with Gasteiger partial charge in [-0.3, -0.25) is 9.69 Å². The molecule has 2 aliphatic heterocycles. The van der Waals surface area contributed by atoms with Gasteiger partial charge in [-0.1, -0.05) is 35.9 Å². The minimum absolute atomic E-state index is 0.100. The molecule has 2 aliphatic rings. The molecule has 0 bridgehead atoms. The van der Waals surface area contributed by atoms with Gasteiger partial charge in [0.2, 0.25) is 0 Å². The lowest BCUT2D eigenvalue weighted by Crippen LogP contribution is -2.44. The maximum Gasteiger partial charge on any atom is 0.193 e. The second-order valence-corrected chi connectivity index (χ2v) is 7.73. The van der Waals surface area contributed by atoms with Crippen LogP contribution in [0.1, 0.15) is 45.5 Å². The van der Waals surface area contributed by atoms with E-state index in [1.54, 1.807) is 0 Å². The Balaban J connectivity index is 1.45. The van der Waals surface area contributed by atoms with Crippen molar-refractivity contribution in [1.82, 2.24) is 4.90 Å². The fourth-order valence-electron chi connectivity index (χ4n) is 4.04. The summed E-state index contributed by atoms with van der Waals surface area (Å²) in [5.41, 5.74) is 4.86. The zero-order chi connectivity index (χ0) is 18.9. The minimum Gasteiger partial charge on any atom is -0.347 e. The van der Waals surface area contributed by atoms with E-state index < -0.39 is 0 Å². The van der Waals surface area contributed by atoms with Crippen molar-refractivity contribution in [3.8, 4) is 0 Å². The Kier molecular flexibility index (Phi) is 5.13. The summed E-state index contributed by atoms with van der Waals surface area (Å²) >= 11 is 0. The molecule has 0 unspecified atom stereocenters. The lowest BCUT2D eigenvalue weighted by molar-refractivity contribution is -0.185. The zero-order valence-corrected chi connectivity index (χ0v) is 16.2. The monoisotopic (exact) mass is 365 g/mol. The van der Waals surface area contributed by atoms with Gasteiger partial charge in [-0.15, -0.1) is 0 Å². The van der Waals surface area contributed by atoms with Crippen molar-refractivity contribution in [2.75, 3.05) is 26.3 Å². The number of aryl methyl sites for hydroxylation is 2. The summed E-state index contributed by atoms with van der Waals surface area (Å²) in [6.45, 7) is 8.19. The number of rotatable bonds is 4. The number of nitrogens with zero attached hydrogens (tertiary/aromatic N) is 1. The first-order valence-electron chi connectivity index (χ1n) is 9.76. The summed E-state index contributed by atoms with van der Waals surface area (Å²) in [7, 11) is 0. The van der Waals surface area contributed by atoms with Gasteiger partial charge in [-0.05, 0) is 37.1 Å². The quantitative estimate of drug-likeness (QED) is 0.771. The van der Waals surface area contributed by atoms with Gasteiger partial charge in [0.25, 0.3) is 0 Å². The molecular weight excluding hydrogens is 338 g/mol. The molecule has 0 radical (unpaired) electrons. The normalized spacial score (nSPS) is 19.5. The molecule has 4 rings (SSSR count).